The smallest absolute Gasteiger partial charge is 0.251 e. The highest BCUT2D eigenvalue weighted by atomic mass is 35.5. The van der Waals surface area contributed by atoms with Crippen molar-refractivity contribution in [3.05, 3.63) is 29.3 Å². The number of hydrogen-bond donors (Lipinski definition) is 1. The van der Waals surface area contributed by atoms with Crippen molar-refractivity contribution >= 4 is 39.9 Å². The van der Waals surface area contributed by atoms with Crippen LogP contribution in [0.1, 0.15) is 12.8 Å². The van der Waals surface area contributed by atoms with Gasteiger partial charge in [0.05, 0.1) is 11.1 Å². The van der Waals surface area contributed by atoms with Crippen LogP contribution in [0, 0.1) is 0 Å². The lowest BCUT2D eigenvalue weighted by Gasteiger charge is -2.35. The zero-order valence-corrected chi connectivity index (χ0v) is 16.6. The highest BCUT2D eigenvalue weighted by Gasteiger charge is 2.36. The van der Waals surface area contributed by atoms with Crippen molar-refractivity contribution in [2.45, 2.75) is 29.9 Å². The second-order valence-electron chi connectivity index (χ2n) is 6.22. The van der Waals surface area contributed by atoms with Gasteiger partial charge in [0.1, 0.15) is 11.0 Å². The van der Waals surface area contributed by atoms with E-state index < -0.39 is 16.1 Å². The summed E-state index contributed by atoms with van der Waals surface area (Å²) in [5, 5.41) is 0.202. The van der Waals surface area contributed by atoms with Crippen LogP contribution in [0.15, 0.2) is 29.2 Å². The van der Waals surface area contributed by atoms with E-state index >= 15 is 0 Å². The van der Waals surface area contributed by atoms with Gasteiger partial charge in [-0.25, -0.2) is 8.42 Å². The molecule has 26 heavy (non-hydrogen) atoms. The Morgan fingerprint density at radius 1 is 1.19 bits per heavy atom. The van der Waals surface area contributed by atoms with Gasteiger partial charge in [-0.15, -0.1) is 12.4 Å². The van der Waals surface area contributed by atoms with Crippen LogP contribution in [-0.4, -0.2) is 68.5 Å². The van der Waals surface area contributed by atoms with Crippen LogP contribution in [-0.2, 0) is 19.6 Å². The number of nitrogens with zero attached hydrogens (tertiary/aromatic N) is 2. The quantitative estimate of drug-likeness (QED) is 0.782. The highest BCUT2D eigenvalue weighted by molar-refractivity contribution is 7.89. The Bertz CT molecular complexity index is 739. The zero-order chi connectivity index (χ0) is 18.0. The number of halogens is 2. The van der Waals surface area contributed by atoms with Crippen LogP contribution >= 0.6 is 24.0 Å². The molecule has 7 nitrogen and oxygen atoms in total. The van der Waals surface area contributed by atoms with E-state index in [1.165, 1.54) is 10.4 Å². The van der Waals surface area contributed by atoms with Crippen molar-refractivity contribution in [1.29, 1.82) is 0 Å². The van der Waals surface area contributed by atoms with Gasteiger partial charge in [0, 0.05) is 32.7 Å². The second kappa shape index (κ2) is 8.86. The number of amides is 1. The van der Waals surface area contributed by atoms with E-state index in [1.54, 1.807) is 23.1 Å². The van der Waals surface area contributed by atoms with Gasteiger partial charge in [-0.2, -0.15) is 4.31 Å². The first-order valence-corrected chi connectivity index (χ1v) is 10.1. The van der Waals surface area contributed by atoms with Crippen molar-refractivity contribution in [2.24, 2.45) is 5.73 Å². The van der Waals surface area contributed by atoms with Gasteiger partial charge >= 0.3 is 0 Å². The molecule has 2 aliphatic heterocycles. The predicted octanol–water partition coefficient (Wildman–Crippen LogP) is 1.10. The highest BCUT2D eigenvalue weighted by Crippen LogP contribution is 2.26. The molecule has 1 aromatic carbocycles. The summed E-state index contributed by atoms with van der Waals surface area (Å²) in [6.45, 7) is 1.58. The average Bonchev–Trinajstić information content (AvgIpc) is 3.10. The molecule has 2 aliphatic rings. The van der Waals surface area contributed by atoms with E-state index in [4.69, 9.17) is 22.1 Å². The summed E-state index contributed by atoms with van der Waals surface area (Å²) >= 11 is 6.02. The number of sulfonamides is 1. The molecule has 1 aromatic rings. The lowest BCUT2D eigenvalue weighted by molar-refractivity contribution is -0.143. The van der Waals surface area contributed by atoms with Gasteiger partial charge < -0.3 is 15.4 Å². The van der Waals surface area contributed by atoms with Crippen LogP contribution in [0.25, 0.3) is 0 Å². The number of nitrogens with two attached hydrogens (primary N) is 1. The van der Waals surface area contributed by atoms with Crippen molar-refractivity contribution in [1.82, 2.24) is 9.21 Å². The Hall–Kier alpha value is -0.900. The van der Waals surface area contributed by atoms with Crippen molar-refractivity contribution in [2.75, 3.05) is 32.7 Å². The normalized spacial score (nSPS) is 24.3. The summed E-state index contributed by atoms with van der Waals surface area (Å²) < 4.78 is 32.5. The monoisotopic (exact) mass is 423 g/mol. The van der Waals surface area contributed by atoms with E-state index in [0.717, 1.165) is 6.42 Å². The SMILES string of the molecule is Cl.NC[C@H]1CC[C@@H](C(=O)N2CCN(S(=O)(=O)c3ccccc3Cl)CC2)O1. The van der Waals surface area contributed by atoms with E-state index in [0.29, 0.717) is 26.1 Å². The number of ether oxygens (including phenoxy) is 1. The van der Waals surface area contributed by atoms with Crippen LogP contribution < -0.4 is 5.73 Å². The number of hydrogen-bond acceptors (Lipinski definition) is 5. The molecular weight excluding hydrogens is 401 g/mol. The molecule has 0 saturated carbocycles. The Balaban J connectivity index is 0.00000243. The van der Waals surface area contributed by atoms with Gasteiger partial charge in [0.2, 0.25) is 10.0 Å². The van der Waals surface area contributed by atoms with E-state index in [2.05, 4.69) is 0 Å². The number of benzene rings is 1. The van der Waals surface area contributed by atoms with Crippen LogP contribution in [0.4, 0.5) is 0 Å². The third-order valence-electron chi connectivity index (χ3n) is 4.65. The second-order valence-corrected chi connectivity index (χ2v) is 8.53. The molecule has 146 valence electrons. The molecule has 2 heterocycles. The van der Waals surface area contributed by atoms with Crippen molar-refractivity contribution in [3.8, 4) is 0 Å². The minimum atomic E-state index is -3.66. The molecule has 2 fully saturated rings. The average molecular weight is 424 g/mol. The summed E-state index contributed by atoms with van der Waals surface area (Å²) in [4.78, 5) is 14.3. The standard InChI is InChI=1S/C16H22ClN3O4S.ClH/c17-13-3-1-2-4-15(13)25(22,23)20-9-7-19(8-10-20)16(21)14-6-5-12(11-18)24-14;/h1-4,12,14H,5-11,18H2;1H/t12-,14+;/m1./s1. The number of rotatable bonds is 4. The molecule has 0 radical (unpaired) electrons. The molecule has 2 atom stereocenters. The minimum Gasteiger partial charge on any atom is -0.364 e. The molecule has 2 saturated heterocycles. The van der Waals surface area contributed by atoms with E-state index in [9.17, 15) is 13.2 Å². The van der Waals surface area contributed by atoms with Crippen LogP contribution in [0.3, 0.4) is 0 Å². The van der Waals surface area contributed by atoms with Gasteiger partial charge in [-0.1, -0.05) is 23.7 Å². The first-order valence-electron chi connectivity index (χ1n) is 8.32. The third-order valence-corrected chi connectivity index (χ3v) is 7.05. The predicted molar refractivity (Wildman–Crippen MR) is 101 cm³/mol. The van der Waals surface area contributed by atoms with Gasteiger partial charge in [0.15, 0.2) is 0 Å². The maximum Gasteiger partial charge on any atom is 0.251 e. The number of carbonyl (C=O) groups excluding carboxylic acids is 1. The Morgan fingerprint density at radius 2 is 1.85 bits per heavy atom. The minimum absolute atomic E-state index is 0. The number of carbonyl (C=O) groups is 1. The molecular formula is C16H23Cl2N3O4S. The Kier molecular flexibility index (Phi) is 7.29. The summed E-state index contributed by atoms with van der Waals surface area (Å²) in [6.07, 6.45) is 0.933. The van der Waals surface area contributed by atoms with E-state index in [1.807, 2.05) is 0 Å². The fraction of sp³-hybridized carbons (Fsp3) is 0.562. The topological polar surface area (TPSA) is 92.9 Å². The van der Waals surface area contributed by atoms with E-state index in [-0.39, 0.29) is 47.4 Å². The zero-order valence-electron chi connectivity index (χ0n) is 14.2. The Morgan fingerprint density at radius 3 is 2.42 bits per heavy atom. The first kappa shape index (κ1) is 21.4. The molecule has 0 spiro atoms. The van der Waals surface area contributed by atoms with Gasteiger partial charge in [-0.3, -0.25) is 4.79 Å². The third kappa shape index (κ3) is 4.32. The summed E-state index contributed by atoms with van der Waals surface area (Å²) in [5.41, 5.74) is 5.57. The Labute approximate surface area is 164 Å². The molecule has 3 rings (SSSR count). The molecule has 0 aliphatic carbocycles. The maximum atomic E-state index is 12.7. The van der Waals surface area contributed by atoms with Gasteiger partial charge in [0.25, 0.3) is 5.91 Å². The molecule has 2 N–H and O–H groups in total. The first-order chi connectivity index (χ1) is 11.9. The maximum absolute atomic E-state index is 12.7. The molecule has 0 unspecified atom stereocenters. The molecule has 0 aromatic heterocycles. The molecule has 10 heteroatoms. The fourth-order valence-electron chi connectivity index (χ4n) is 3.21. The summed E-state index contributed by atoms with van der Waals surface area (Å²) in [5.74, 6) is -0.0780. The van der Waals surface area contributed by atoms with Crippen molar-refractivity contribution < 1.29 is 17.9 Å². The summed E-state index contributed by atoms with van der Waals surface area (Å²) in [7, 11) is -3.66. The fourth-order valence-corrected chi connectivity index (χ4v) is 5.12. The molecule has 0 bridgehead atoms. The largest absolute Gasteiger partial charge is 0.364 e. The molecule has 1 amide bonds. The van der Waals surface area contributed by atoms with Gasteiger partial charge in [-0.05, 0) is 25.0 Å². The lowest BCUT2D eigenvalue weighted by Crippen LogP contribution is -2.52. The van der Waals surface area contributed by atoms with Crippen molar-refractivity contribution in [3.63, 3.8) is 0 Å². The summed E-state index contributed by atoms with van der Waals surface area (Å²) in [6, 6.07) is 6.38. The number of piperazine rings is 1. The van der Waals surface area contributed by atoms with Crippen LogP contribution in [0.5, 0.6) is 0 Å². The lowest BCUT2D eigenvalue weighted by atomic mass is 10.1. The van der Waals surface area contributed by atoms with Crippen LogP contribution in [0.2, 0.25) is 5.02 Å².